The summed E-state index contributed by atoms with van der Waals surface area (Å²) < 4.78 is 6.60. The molecule has 1 N–H and O–H groups in total. The number of furan rings is 1. The van der Waals surface area contributed by atoms with Gasteiger partial charge in [0.25, 0.3) is 5.91 Å². The third-order valence-corrected chi connectivity index (χ3v) is 3.09. The highest BCUT2D eigenvalue weighted by Gasteiger charge is 2.21. The second-order valence-corrected chi connectivity index (χ2v) is 6.32. The van der Waals surface area contributed by atoms with Crippen LogP contribution in [-0.2, 0) is 0 Å². The summed E-state index contributed by atoms with van der Waals surface area (Å²) >= 11 is 3.42. The van der Waals surface area contributed by atoms with Crippen molar-refractivity contribution in [1.29, 1.82) is 0 Å². The van der Waals surface area contributed by atoms with Crippen LogP contribution in [0.15, 0.2) is 27.1 Å². The van der Waals surface area contributed by atoms with Crippen LogP contribution in [0.4, 0.5) is 0 Å². The lowest BCUT2D eigenvalue weighted by atomic mass is 10.1. The Morgan fingerprint density at radius 1 is 1.33 bits per heavy atom. The first-order valence-electron chi connectivity index (χ1n) is 5.79. The van der Waals surface area contributed by atoms with Crippen molar-refractivity contribution in [1.82, 2.24) is 5.32 Å². The van der Waals surface area contributed by atoms with Gasteiger partial charge < -0.3 is 9.73 Å². The lowest BCUT2D eigenvalue weighted by molar-refractivity contribution is 0.0892. The fourth-order valence-corrected chi connectivity index (χ4v) is 2.17. The summed E-state index contributed by atoms with van der Waals surface area (Å²) in [7, 11) is 0. The number of halogens is 1. The van der Waals surface area contributed by atoms with Crippen LogP contribution in [0.5, 0.6) is 0 Å². The standard InChI is InChI=1S/C14H16BrNO2/c1-8-10-7-9(15)5-6-11(10)18-12(8)13(17)16-14(2,3)4/h5-7H,1-4H3,(H,16,17). The van der Waals surface area contributed by atoms with Crippen LogP contribution in [0.1, 0.15) is 36.9 Å². The first-order chi connectivity index (χ1) is 8.28. The summed E-state index contributed by atoms with van der Waals surface area (Å²) in [4.78, 5) is 12.1. The zero-order valence-corrected chi connectivity index (χ0v) is 12.5. The molecule has 0 bridgehead atoms. The molecule has 0 aliphatic rings. The van der Waals surface area contributed by atoms with E-state index >= 15 is 0 Å². The van der Waals surface area contributed by atoms with E-state index in [2.05, 4.69) is 21.2 Å². The van der Waals surface area contributed by atoms with Crippen molar-refractivity contribution in [3.05, 3.63) is 34.0 Å². The number of hydrogen-bond acceptors (Lipinski definition) is 2. The number of fused-ring (bicyclic) bond motifs is 1. The molecular formula is C14H16BrNO2. The summed E-state index contributed by atoms with van der Waals surface area (Å²) in [6.45, 7) is 7.73. The monoisotopic (exact) mass is 309 g/mol. The molecule has 0 aliphatic carbocycles. The number of carbonyl (C=O) groups excluding carboxylic acids is 1. The SMILES string of the molecule is Cc1c(C(=O)NC(C)(C)C)oc2ccc(Br)cc12. The third-order valence-electron chi connectivity index (χ3n) is 2.59. The van der Waals surface area contributed by atoms with Crippen molar-refractivity contribution in [3.8, 4) is 0 Å². The Morgan fingerprint density at radius 2 is 2.00 bits per heavy atom. The van der Waals surface area contributed by atoms with E-state index < -0.39 is 0 Å². The molecule has 0 fully saturated rings. The minimum Gasteiger partial charge on any atom is -0.451 e. The topological polar surface area (TPSA) is 42.2 Å². The largest absolute Gasteiger partial charge is 0.451 e. The van der Waals surface area contributed by atoms with Crippen LogP contribution in [0.3, 0.4) is 0 Å². The zero-order valence-electron chi connectivity index (χ0n) is 10.9. The zero-order chi connectivity index (χ0) is 13.5. The van der Waals surface area contributed by atoms with Crippen molar-refractivity contribution in [2.24, 2.45) is 0 Å². The molecule has 0 unspecified atom stereocenters. The van der Waals surface area contributed by atoms with Crippen LogP contribution < -0.4 is 5.32 Å². The maximum absolute atomic E-state index is 12.1. The molecule has 1 amide bonds. The summed E-state index contributed by atoms with van der Waals surface area (Å²) in [6, 6.07) is 5.72. The van der Waals surface area contributed by atoms with Gasteiger partial charge in [-0.2, -0.15) is 0 Å². The molecule has 1 heterocycles. The molecule has 4 heteroatoms. The van der Waals surface area contributed by atoms with Crippen molar-refractivity contribution < 1.29 is 9.21 Å². The lowest BCUT2D eigenvalue weighted by Gasteiger charge is -2.19. The Morgan fingerprint density at radius 3 is 2.61 bits per heavy atom. The number of benzene rings is 1. The van der Waals surface area contributed by atoms with Crippen LogP contribution in [0.2, 0.25) is 0 Å². The summed E-state index contributed by atoms with van der Waals surface area (Å²) in [5, 5.41) is 3.87. The maximum atomic E-state index is 12.1. The van der Waals surface area contributed by atoms with Crippen molar-refractivity contribution in [3.63, 3.8) is 0 Å². The molecule has 18 heavy (non-hydrogen) atoms. The smallest absolute Gasteiger partial charge is 0.287 e. The Kier molecular flexibility index (Phi) is 3.23. The van der Waals surface area contributed by atoms with Gasteiger partial charge in [0.15, 0.2) is 5.76 Å². The van der Waals surface area contributed by atoms with Gasteiger partial charge in [-0.25, -0.2) is 0 Å². The summed E-state index contributed by atoms with van der Waals surface area (Å²) in [5.41, 5.74) is 1.33. The van der Waals surface area contributed by atoms with Gasteiger partial charge in [-0.15, -0.1) is 0 Å². The van der Waals surface area contributed by atoms with Crippen LogP contribution in [-0.4, -0.2) is 11.4 Å². The van der Waals surface area contributed by atoms with Crippen LogP contribution in [0, 0.1) is 6.92 Å². The predicted molar refractivity (Wildman–Crippen MR) is 75.9 cm³/mol. The van der Waals surface area contributed by atoms with Crippen molar-refractivity contribution in [2.45, 2.75) is 33.2 Å². The van der Waals surface area contributed by atoms with Gasteiger partial charge in [0.1, 0.15) is 5.58 Å². The van der Waals surface area contributed by atoms with Crippen molar-refractivity contribution in [2.75, 3.05) is 0 Å². The van der Waals surface area contributed by atoms with Gasteiger partial charge >= 0.3 is 0 Å². The van der Waals surface area contributed by atoms with E-state index in [1.165, 1.54) is 0 Å². The van der Waals surface area contributed by atoms with E-state index in [1.807, 2.05) is 45.9 Å². The molecule has 1 aromatic carbocycles. The average molecular weight is 310 g/mol. The molecule has 0 atom stereocenters. The fourth-order valence-electron chi connectivity index (χ4n) is 1.81. The lowest BCUT2D eigenvalue weighted by Crippen LogP contribution is -2.40. The highest BCUT2D eigenvalue weighted by Crippen LogP contribution is 2.28. The molecule has 0 radical (unpaired) electrons. The minimum atomic E-state index is -0.275. The Labute approximate surface area is 115 Å². The van der Waals surface area contributed by atoms with Gasteiger partial charge in [-0.1, -0.05) is 15.9 Å². The van der Waals surface area contributed by atoms with E-state index in [1.54, 1.807) is 0 Å². The number of amides is 1. The number of nitrogens with one attached hydrogen (secondary N) is 1. The highest BCUT2D eigenvalue weighted by molar-refractivity contribution is 9.10. The fraction of sp³-hybridized carbons (Fsp3) is 0.357. The van der Waals surface area contributed by atoms with E-state index in [4.69, 9.17) is 4.42 Å². The van der Waals surface area contributed by atoms with E-state index in [-0.39, 0.29) is 11.4 Å². The molecule has 0 aliphatic heterocycles. The Balaban J connectivity index is 2.46. The Bertz CT molecular complexity index is 608. The molecule has 2 rings (SSSR count). The first-order valence-corrected chi connectivity index (χ1v) is 6.58. The van der Waals surface area contributed by atoms with Crippen LogP contribution >= 0.6 is 15.9 Å². The van der Waals surface area contributed by atoms with E-state index in [0.29, 0.717) is 5.76 Å². The Hall–Kier alpha value is -1.29. The molecule has 1 aromatic heterocycles. The maximum Gasteiger partial charge on any atom is 0.287 e. The van der Waals surface area contributed by atoms with Gasteiger partial charge in [-0.3, -0.25) is 4.79 Å². The molecule has 0 saturated carbocycles. The summed E-state index contributed by atoms with van der Waals surface area (Å²) in [5.74, 6) is 0.213. The third kappa shape index (κ3) is 2.58. The molecule has 96 valence electrons. The molecule has 2 aromatic rings. The quantitative estimate of drug-likeness (QED) is 0.864. The molecule has 0 spiro atoms. The number of hydrogen-bond donors (Lipinski definition) is 1. The van der Waals surface area contributed by atoms with E-state index in [0.717, 1.165) is 21.0 Å². The number of rotatable bonds is 1. The van der Waals surface area contributed by atoms with Gasteiger partial charge in [0, 0.05) is 21.0 Å². The second-order valence-electron chi connectivity index (χ2n) is 5.40. The van der Waals surface area contributed by atoms with Crippen LogP contribution in [0.25, 0.3) is 11.0 Å². The van der Waals surface area contributed by atoms with Gasteiger partial charge in [-0.05, 0) is 45.9 Å². The molecule has 0 saturated heterocycles. The van der Waals surface area contributed by atoms with Crippen molar-refractivity contribution >= 4 is 32.8 Å². The number of carbonyl (C=O) groups is 1. The predicted octanol–water partition coefficient (Wildman–Crippen LogP) is 4.03. The van der Waals surface area contributed by atoms with Gasteiger partial charge in [0.05, 0.1) is 0 Å². The number of aryl methyl sites for hydroxylation is 1. The normalized spacial score (nSPS) is 11.8. The average Bonchev–Trinajstić information content (AvgIpc) is 2.54. The van der Waals surface area contributed by atoms with E-state index in [9.17, 15) is 4.79 Å². The second kappa shape index (κ2) is 4.43. The molecule has 3 nitrogen and oxygen atoms in total. The molecular weight excluding hydrogens is 294 g/mol. The summed E-state index contributed by atoms with van der Waals surface area (Å²) in [6.07, 6.45) is 0. The highest BCUT2D eigenvalue weighted by atomic mass is 79.9. The van der Waals surface area contributed by atoms with Gasteiger partial charge in [0.2, 0.25) is 0 Å². The first kappa shape index (κ1) is 13.1. The minimum absolute atomic E-state index is 0.174.